The van der Waals surface area contributed by atoms with Crippen LogP contribution in [0.15, 0.2) is 48.7 Å². The predicted octanol–water partition coefficient (Wildman–Crippen LogP) is 5.01. The third kappa shape index (κ3) is 6.48. The summed E-state index contributed by atoms with van der Waals surface area (Å²) in [7, 11) is 1.19. The van der Waals surface area contributed by atoms with Gasteiger partial charge in [-0.25, -0.2) is 9.78 Å². The highest BCUT2D eigenvalue weighted by atomic mass is 19.4. The number of rotatable bonds is 7. The number of hydrogen-bond acceptors (Lipinski definition) is 5. The molecule has 0 spiro atoms. The van der Waals surface area contributed by atoms with Crippen LogP contribution >= 0.6 is 0 Å². The maximum atomic E-state index is 13.7. The molecule has 1 aromatic carbocycles. The Morgan fingerprint density at radius 2 is 1.90 bits per heavy atom. The van der Waals surface area contributed by atoms with E-state index in [1.807, 2.05) is 0 Å². The van der Waals surface area contributed by atoms with Crippen LogP contribution < -0.4 is 15.8 Å². The zero-order chi connectivity index (χ0) is 22.5. The Morgan fingerprint density at radius 1 is 1.23 bits per heavy atom. The van der Waals surface area contributed by atoms with Gasteiger partial charge in [-0.15, -0.1) is 6.58 Å². The van der Waals surface area contributed by atoms with Crippen LogP contribution in [0.1, 0.15) is 25.8 Å². The predicted molar refractivity (Wildman–Crippen MR) is 108 cm³/mol. The van der Waals surface area contributed by atoms with Crippen molar-refractivity contribution in [3.63, 3.8) is 0 Å². The number of nitrogens with two attached hydrogens (primary N) is 1. The van der Waals surface area contributed by atoms with E-state index >= 15 is 0 Å². The van der Waals surface area contributed by atoms with E-state index in [1.54, 1.807) is 13.8 Å². The molecule has 0 bridgehead atoms. The van der Waals surface area contributed by atoms with Crippen molar-refractivity contribution in [2.75, 3.05) is 19.0 Å². The first-order valence-electron chi connectivity index (χ1n) is 9.00. The maximum Gasteiger partial charge on any atom is 0.419 e. The topological polar surface area (TPSA) is 86.5 Å². The summed E-state index contributed by atoms with van der Waals surface area (Å²) in [6.07, 6.45) is -3.58. The molecule has 2 rings (SSSR count). The minimum Gasteiger partial charge on any atom is -0.491 e. The number of alkyl halides is 3. The van der Waals surface area contributed by atoms with Crippen LogP contribution in [0.2, 0.25) is 0 Å². The van der Waals surface area contributed by atoms with Gasteiger partial charge < -0.3 is 15.2 Å². The maximum absolute atomic E-state index is 13.7. The molecule has 0 aliphatic carbocycles. The molecular weight excluding hydrogens is 399 g/mol. The number of pyridine rings is 1. The highest BCUT2D eigenvalue weighted by molar-refractivity contribution is 5.84. The number of amides is 1. The molecule has 9 heteroatoms. The molecule has 0 radical (unpaired) electrons. The Labute approximate surface area is 172 Å². The summed E-state index contributed by atoms with van der Waals surface area (Å²) in [6, 6.07) is 6.70. The van der Waals surface area contributed by atoms with Gasteiger partial charge in [0.15, 0.2) is 0 Å². The fourth-order valence-electron chi connectivity index (χ4n) is 2.87. The number of nitrogens with one attached hydrogen (secondary N) is 1. The average Bonchev–Trinajstić information content (AvgIpc) is 2.64. The molecule has 1 aromatic heterocycles. The van der Waals surface area contributed by atoms with Gasteiger partial charge in [-0.2, -0.15) is 13.2 Å². The number of benzene rings is 1. The van der Waals surface area contributed by atoms with Crippen molar-refractivity contribution in [1.29, 1.82) is 0 Å². The third-order valence-electron chi connectivity index (χ3n) is 4.06. The van der Waals surface area contributed by atoms with Crippen molar-refractivity contribution in [2.45, 2.75) is 32.0 Å². The Hall–Kier alpha value is -3.07. The van der Waals surface area contributed by atoms with Crippen molar-refractivity contribution >= 4 is 11.9 Å². The van der Waals surface area contributed by atoms with E-state index in [1.165, 1.54) is 37.6 Å². The van der Waals surface area contributed by atoms with E-state index in [0.29, 0.717) is 12.0 Å². The number of methoxy groups -OCH3 is 1. The molecule has 6 nitrogen and oxygen atoms in total. The third-order valence-corrected chi connectivity index (χ3v) is 4.06. The molecule has 1 heterocycles. The van der Waals surface area contributed by atoms with E-state index in [0.717, 1.165) is 11.6 Å². The molecular formula is C21H24F3N3O3. The van der Waals surface area contributed by atoms with Gasteiger partial charge in [-0.3, -0.25) is 5.32 Å². The Bertz CT molecular complexity index is 927. The standard InChI is InChI=1S/C21H24F3N3O3/c1-13(2)11-20(3,25)12-30-17-6-5-14(9-16(17)21(22,23)24)15-7-8-26-18(10-15)27-19(28)29-4/h5-10H,1,11-12,25H2,2-4H3,(H,26,27,28)/t20-/m0/s1. The lowest BCUT2D eigenvalue weighted by molar-refractivity contribution is -0.139. The Morgan fingerprint density at radius 3 is 2.50 bits per heavy atom. The summed E-state index contributed by atoms with van der Waals surface area (Å²) in [5, 5.41) is 2.37. The lowest BCUT2D eigenvalue weighted by Gasteiger charge is -2.26. The second-order valence-corrected chi connectivity index (χ2v) is 7.33. The molecule has 0 saturated carbocycles. The Balaban J connectivity index is 2.34. The number of hydrogen-bond donors (Lipinski definition) is 2. The van der Waals surface area contributed by atoms with Crippen molar-refractivity contribution in [2.24, 2.45) is 5.73 Å². The molecule has 2 aromatic rings. The highest BCUT2D eigenvalue weighted by Crippen LogP contribution is 2.39. The van der Waals surface area contributed by atoms with Crippen LogP contribution in [0.5, 0.6) is 5.75 Å². The van der Waals surface area contributed by atoms with Gasteiger partial charge in [0.1, 0.15) is 18.2 Å². The van der Waals surface area contributed by atoms with E-state index in [4.69, 9.17) is 10.5 Å². The molecule has 3 N–H and O–H groups in total. The summed E-state index contributed by atoms with van der Waals surface area (Å²) >= 11 is 0. The molecule has 0 fully saturated rings. The average molecular weight is 423 g/mol. The van der Waals surface area contributed by atoms with Crippen molar-refractivity contribution in [3.05, 3.63) is 54.2 Å². The fraction of sp³-hybridized carbons (Fsp3) is 0.333. The van der Waals surface area contributed by atoms with Crippen LogP contribution in [0.4, 0.5) is 23.8 Å². The smallest absolute Gasteiger partial charge is 0.419 e. The molecule has 1 amide bonds. The minimum absolute atomic E-state index is 0.106. The summed E-state index contributed by atoms with van der Waals surface area (Å²) in [5.74, 6) is -0.168. The SMILES string of the molecule is C=C(C)C[C@](C)(N)COc1ccc(-c2ccnc(NC(=O)OC)c2)cc1C(F)(F)F. The number of aromatic nitrogens is 1. The molecule has 0 unspecified atom stereocenters. The number of anilines is 1. The van der Waals surface area contributed by atoms with E-state index in [9.17, 15) is 18.0 Å². The van der Waals surface area contributed by atoms with Gasteiger partial charge in [0.05, 0.1) is 18.2 Å². The highest BCUT2D eigenvalue weighted by Gasteiger charge is 2.35. The zero-order valence-corrected chi connectivity index (χ0v) is 17.0. The van der Waals surface area contributed by atoms with Gasteiger partial charge in [-0.1, -0.05) is 11.6 Å². The Kier molecular flexibility index (Phi) is 7.09. The lowest BCUT2D eigenvalue weighted by atomic mass is 9.96. The first-order chi connectivity index (χ1) is 13.9. The number of ether oxygens (including phenoxy) is 2. The second kappa shape index (κ2) is 9.17. The van der Waals surface area contributed by atoms with Crippen molar-refractivity contribution in [1.82, 2.24) is 4.98 Å². The molecule has 1 atom stereocenters. The van der Waals surface area contributed by atoms with E-state index < -0.39 is 23.4 Å². The summed E-state index contributed by atoms with van der Waals surface area (Å²) in [4.78, 5) is 15.3. The number of carbonyl (C=O) groups excluding carboxylic acids is 1. The second-order valence-electron chi connectivity index (χ2n) is 7.33. The first-order valence-corrected chi connectivity index (χ1v) is 9.00. The zero-order valence-electron chi connectivity index (χ0n) is 17.0. The van der Waals surface area contributed by atoms with Crippen LogP contribution in [0, 0.1) is 0 Å². The minimum atomic E-state index is -4.63. The monoisotopic (exact) mass is 423 g/mol. The van der Waals surface area contributed by atoms with Crippen LogP contribution in [0.3, 0.4) is 0 Å². The number of carbonyl (C=O) groups is 1. The van der Waals surface area contributed by atoms with Crippen molar-refractivity contribution in [3.8, 4) is 16.9 Å². The number of nitrogens with zero attached hydrogens (tertiary/aromatic N) is 1. The largest absolute Gasteiger partial charge is 0.491 e. The normalized spacial score (nSPS) is 13.3. The lowest BCUT2D eigenvalue weighted by Crippen LogP contribution is -2.42. The van der Waals surface area contributed by atoms with Gasteiger partial charge >= 0.3 is 12.3 Å². The molecule has 30 heavy (non-hydrogen) atoms. The summed E-state index contributed by atoms with van der Waals surface area (Å²) < 4.78 is 50.9. The molecule has 0 saturated heterocycles. The summed E-state index contributed by atoms with van der Waals surface area (Å²) in [6.45, 7) is 7.15. The molecule has 0 aliphatic heterocycles. The number of halogens is 3. The van der Waals surface area contributed by atoms with Gasteiger partial charge in [0.2, 0.25) is 0 Å². The van der Waals surface area contributed by atoms with Gasteiger partial charge in [0.25, 0.3) is 0 Å². The van der Waals surface area contributed by atoms with Crippen LogP contribution in [-0.2, 0) is 10.9 Å². The fourth-order valence-corrected chi connectivity index (χ4v) is 2.87. The van der Waals surface area contributed by atoms with E-state index in [2.05, 4.69) is 21.6 Å². The van der Waals surface area contributed by atoms with E-state index in [-0.39, 0.29) is 23.7 Å². The van der Waals surface area contributed by atoms with Crippen LogP contribution in [-0.4, -0.2) is 30.3 Å². The first kappa shape index (κ1) is 23.2. The van der Waals surface area contributed by atoms with Crippen LogP contribution in [0.25, 0.3) is 11.1 Å². The van der Waals surface area contributed by atoms with Crippen molar-refractivity contribution < 1.29 is 27.4 Å². The summed E-state index contributed by atoms with van der Waals surface area (Å²) in [5.41, 5.74) is 5.83. The molecule has 0 aliphatic rings. The van der Waals surface area contributed by atoms with Gasteiger partial charge in [0, 0.05) is 6.20 Å². The quantitative estimate of drug-likeness (QED) is 0.612. The molecule has 162 valence electrons. The van der Waals surface area contributed by atoms with Gasteiger partial charge in [-0.05, 0) is 55.7 Å².